The lowest BCUT2D eigenvalue weighted by molar-refractivity contribution is 0.663. The number of hydrogen-bond donors (Lipinski definition) is 0. The molecular weight excluding hydrogens is 538 g/mol. The van der Waals surface area contributed by atoms with Crippen LogP contribution in [0.2, 0.25) is 0 Å². The third kappa shape index (κ3) is 3.47. The maximum Gasteiger partial charge on any atom is 0.238 e. The Kier molecular flexibility index (Phi) is 5.18. The van der Waals surface area contributed by atoms with Crippen LogP contribution in [-0.2, 0) is 5.41 Å². The zero-order valence-electron chi connectivity index (χ0n) is 24.4. The molecule has 0 fully saturated rings. The Balaban J connectivity index is 1.48. The first-order valence-corrected chi connectivity index (χ1v) is 14.9. The summed E-state index contributed by atoms with van der Waals surface area (Å²) in [5.41, 5.74) is 9.03. The lowest BCUT2D eigenvalue weighted by Crippen LogP contribution is -2.17. The molecule has 0 saturated heterocycles. The highest BCUT2D eigenvalue weighted by atomic mass is 15.2. The maximum absolute atomic E-state index is 5.23. The first-order valence-electron chi connectivity index (χ1n) is 14.9. The van der Waals surface area contributed by atoms with Crippen LogP contribution in [0, 0.1) is 0 Å². The van der Waals surface area contributed by atoms with Crippen LogP contribution in [0.5, 0.6) is 0 Å². The summed E-state index contributed by atoms with van der Waals surface area (Å²) in [6.07, 6.45) is 3.80. The van der Waals surface area contributed by atoms with Crippen LogP contribution in [0.3, 0.4) is 0 Å². The Labute approximate surface area is 254 Å². The summed E-state index contributed by atoms with van der Waals surface area (Å²) < 4.78 is 2.29. The molecule has 0 bridgehead atoms. The number of nitrogens with zero attached hydrogens (tertiary/aromatic N) is 5. The van der Waals surface area contributed by atoms with Crippen LogP contribution in [0.25, 0.3) is 72.4 Å². The lowest BCUT2D eigenvalue weighted by Gasteiger charge is -2.23. The third-order valence-corrected chi connectivity index (χ3v) is 9.11. The molecule has 3 heterocycles. The fourth-order valence-electron chi connectivity index (χ4n) is 7.12. The van der Waals surface area contributed by atoms with Crippen molar-refractivity contribution in [2.45, 2.75) is 19.3 Å². The standard InChI is InChI=1S/C39H27N5/c1-39(2)32-16-10-9-15-28(32)29-19-20-31-30-18-17-26-23-40-22-21-27(26)34(30)44(35(31)33(29)39)38-42-36(24-11-5-3-6-12-24)41-37(43-38)25-13-7-4-8-14-25/h3-23H,1-2H3. The second-order valence-electron chi connectivity index (χ2n) is 12.0. The Bertz CT molecular complexity index is 2350. The van der Waals surface area contributed by atoms with Gasteiger partial charge in [-0.3, -0.25) is 9.55 Å². The van der Waals surface area contributed by atoms with E-state index in [1.807, 2.05) is 48.8 Å². The molecule has 9 rings (SSSR count). The summed E-state index contributed by atoms with van der Waals surface area (Å²) in [5.74, 6) is 1.88. The average molecular weight is 566 g/mol. The molecule has 208 valence electrons. The van der Waals surface area contributed by atoms with Crippen LogP contribution in [0.1, 0.15) is 25.0 Å². The van der Waals surface area contributed by atoms with E-state index in [2.05, 4.69) is 102 Å². The first-order chi connectivity index (χ1) is 21.6. The largest absolute Gasteiger partial charge is 0.277 e. The van der Waals surface area contributed by atoms with Crippen LogP contribution >= 0.6 is 0 Å². The number of benzene rings is 5. The van der Waals surface area contributed by atoms with Crippen LogP contribution in [0.4, 0.5) is 0 Å². The van der Waals surface area contributed by atoms with E-state index in [9.17, 15) is 0 Å². The Hall–Kier alpha value is -5.68. The predicted octanol–water partition coefficient (Wildman–Crippen LogP) is 9.16. The van der Waals surface area contributed by atoms with E-state index in [4.69, 9.17) is 15.0 Å². The number of hydrogen-bond acceptors (Lipinski definition) is 4. The minimum atomic E-state index is -0.230. The molecule has 3 aromatic heterocycles. The summed E-state index contributed by atoms with van der Waals surface area (Å²) in [5, 5.41) is 4.53. The van der Waals surface area contributed by atoms with Crippen molar-refractivity contribution in [1.29, 1.82) is 0 Å². The van der Waals surface area contributed by atoms with E-state index >= 15 is 0 Å². The fraction of sp³-hybridized carbons (Fsp3) is 0.0769. The summed E-state index contributed by atoms with van der Waals surface area (Å²) >= 11 is 0. The van der Waals surface area contributed by atoms with Gasteiger partial charge in [0, 0.05) is 50.5 Å². The normalized spacial score (nSPS) is 13.4. The van der Waals surface area contributed by atoms with Crippen molar-refractivity contribution in [3.05, 3.63) is 139 Å². The van der Waals surface area contributed by atoms with Crippen molar-refractivity contribution in [1.82, 2.24) is 24.5 Å². The molecule has 0 amide bonds. The summed E-state index contributed by atoms with van der Waals surface area (Å²) in [6.45, 7) is 4.67. The first kappa shape index (κ1) is 24.9. The van der Waals surface area contributed by atoms with Gasteiger partial charge in [-0.2, -0.15) is 9.97 Å². The number of rotatable bonds is 3. The number of fused-ring (bicyclic) bond motifs is 9. The Morgan fingerprint density at radius 3 is 1.91 bits per heavy atom. The van der Waals surface area contributed by atoms with Crippen LogP contribution in [0.15, 0.2) is 128 Å². The molecule has 5 aromatic carbocycles. The SMILES string of the molecule is CC1(C)c2ccccc2-c2ccc3c4ccc5cnccc5c4n(-c4nc(-c5ccccc5)nc(-c5ccccc5)n4)c3c21. The third-order valence-electron chi connectivity index (χ3n) is 9.11. The van der Waals surface area contributed by atoms with Crippen LogP contribution in [-0.4, -0.2) is 24.5 Å². The summed E-state index contributed by atoms with van der Waals surface area (Å²) in [7, 11) is 0. The quantitative estimate of drug-likeness (QED) is 0.214. The number of pyridine rings is 1. The van der Waals surface area contributed by atoms with Gasteiger partial charge in [0.2, 0.25) is 5.95 Å². The van der Waals surface area contributed by atoms with Crippen molar-refractivity contribution >= 4 is 32.6 Å². The minimum Gasteiger partial charge on any atom is -0.277 e. The highest BCUT2D eigenvalue weighted by Gasteiger charge is 2.38. The summed E-state index contributed by atoms with van der Waals surface area (Å²) in [4.78, 5) is 19.9. The minimum absolute atomic E-state index is 0.230. The molecule has 8 aromatic rings. The molecule has 5 nitrogen and oxygen atoms in total. The van der Waals surface area contributed by atoms with Gasteiger partial charge in [0.15, 0.2) is 11.6 Å². The van der Waals surface area contributed by atoms with Crippen LogP contribution < -0.4 is 0 Å². The van der Waals surface area contributed by atoms with E-state index in [-0.39, 0.29) is 5.41 Å². The molecule has 44 heavy (non-hydrogen) atoms. The van der Waals surface area contributed by atoms with Crippen molar-refractivity contribution in [3.8, 4) is 39.9 Å². The lowest BCUT2D eigenvalue weighted by atomic mass is 9.81. The second kappa shape index (κ2) is 9.16. The molecule has 0 atom stereocenters. The molecule has 0 N–H and O–H groups in total. The zero-order chi connectivity index (χ0) is 29.4. The molecular formula is C39H27N5. The van der Waals surface area contributed by atoms with E-state index in [1.54, 1.807) is 0 Å². The van der Waals surface area contributed by atoms with Gasteiger partial charge in [-0.05, 0) is 28.3 Å². The number of aromatic nitrogens is 5. The summed E-state index contributed by atoms with van der Waals surface area (Å²) in [6, 6.07) is 40.2. The van der Waals surface area contributed by atoms with Gasteiger partial charge in [0.25, 0.3) is 0 Å². The molecule has 0 radical (unpaired) electrons. The zero-order valence-corrected chi connectivity index (χ0v) is 24.4. The molecule has 0 unspecified atom stereocenters. The molecule has 0 saturated carbocycles. The van der Waals surface area contributed by atoms with Gasteiger partial charge >= 0.3 is 0 Å². The van der Waals surface area contributed by atoms with Gasteiger partial charge in [-0.1, -0.05) is 123 Å². The topological polar surface area (TPSA) is 56.5 Å². The van der Waals surface area contributed by atoms with Crippen molar-refractivity contribution in [3.63, 3.8) is 0 Å². The van der Waals surface area contributed by atoms with Crippen molar-refractivity contribution in [2.24, 2.45) is 0 Å². The molecule has 1 aliphatic rings. The Morgan fingerprint density at radius 2 is 1.18 bits per heavy atom. The van der Waals surface area contributed by atoms with E-state index in [0.717, 1.165) is 38.3 Å². The fourth-order valence-corrected chi connectivity index (χ4v) is 7.12. The molecule has 0 spiro atoms. The maximum atomic E-state index is 5.23. The van der Waals surface area contributed by atoms with Gasteiger partial charge < -0.3 is 0 Å². The monoisotopic (exact) mass is 565 g/mol. The molecule has 0 aliphatic heterocycles. The van der Waals surface area contributed by atoms with Gasteiger partial charge in [0.05, 0.1) is 11.0 Å². The van der Waals surface area contributed by atoms with Crippen molar-refractivity contribution in [2.75, 3.05) is 0 Å². The van der Waals surface area contributed by atoms with Gasteiger partial charge in [-0.25, -0.2) is 4.98 Å². The van der Waals surface area contributed by atoms with E-state index in [0.29, 0.717) is 17.6 Å². The Morgan fingerprint density at radius 1 is 0.545 bits per heavy atom. The van der Waals surface area contributed by atoms with Gasteiger partial charge in [-0.15, -0.1) is 0 Å². The second-order valence-corrected chi connectivity index (χ2v) is 12.0. The smallest absolute Gasteiger partial charge is 0.238 e. The van der Waals surface area contributed by atoms with Crippen molar-refractivity contribution < 1.29 is 0 Å². The molecule has 1 aliphatic carbocycles. The van der Waals surface area contributed by atoms with Gasteiger partial charge in [0.1, 0.15) is 0 Å². The van der Waals surface area contributed by atoms with E-state index in [1.165, 1.54) is 27.6 Å². The average Bonchev–Trinajstić information content (AvgIpc) is 3.54. The highest BCUT2D eigenvalue weighted by molar-refractivity contribution is 6.20. The predicted molar refractivity (Wildman–Crippen MR) is 178 cm³/mol. The highest BCUT2D eigenvalue weighted by Crippen LogP contribution is 2.53. The van der Waals surface area contributed by atoms with E-state index < -0.39 is 0 Å². The molecule has 5 heteroatoms.